The summed E-state index contributed by atoms with van der Waals surface area (Å²) in [6.45, 7) is 13.9. The zero-order valence-electron chi connectivity index (χ0n) is 36.8. The first kappa shape index (κ1) is 42.9. The minimum Gasteiger partial charge on any atom is -0.493 e. The molecule has 0 aliphatic carbocycles. The Labute approximate surface area is 343 Å². The molecule has 57 heavy (non-hydrogen) atoms. The van der Waals surface area contributed by atoms with Crippen LogP contribution in [0.25, 0.3) is 0 Å². The van der Waals surface area contributed by atoms with Crippen LogP contribution < -0.4 is 44.4 Å². The SMILES string of the molecule is COc1cc2c(cc1OC)C(C)C(C)NC2CCCCC(CCC1NC(C)C(C)c2cc(OC)c(OC)cc21)CCC1NC(C)C(C)c2cc(OC)c(OC)cc21. The van der Waals surface area contributed by atoms with Crippen LogP contribution in [0.1, 0.15) is 162 Å². The number of ether oxygens (including phenoxy) is 6. The molecule has 0 saturated carbocycles. The van der Waals surface area contributed by atoms with Crippen molar-refractivity contribution in [2.24, 2.45) is 5.92 Å². The van der Waals surface area contributed by atoms with Crippen molar-refractivity contribution in [2.75, 3.05) is 42.7 Å². The van der Waals surface area contributed by atoms with Crippen LogP contribution in [0.4, 0.5) is 0 Å². The van der Waals surface area contributed by atoms with Gasteiger partial charge in [-0.15, -0.1) is 0 Å². The van der Waals surface area contributed by atoms with Crippen LogP contribution in [0.2, 0.25) is 0 Å². The molecule has 0 radical (unpaired) electrons. The molecule has 0 fully saturated rings. The standard InChI is InChI=1S/C48H71N3O6/c1-27-30(4)49-40(37-24-46(55-10)43(52-7)21-34(27)37)16-14-13-15-33(17-19-41-38-25-47(56-11)44(53-8)22-35(38)28(2)31(5)50-41)18-20-42-39-26-48(57-12)45(54-9)23-36(39)29(3)32(6)51-42/h21-33,40-42,49-51H,13-20H2,1-12H3. The van der Waals surface area contributed by atoms with E-state index in [1.807, 2.05) is 0 Å². The monoisotopic (exact) mass is 786 g/mol. The lowest BCUT2D eigenvalue weighted by atomic mass is 9.78. The van der Waals surface area contributed by atoms with Gasteiger partial charge in [-0.25, -0.2) is 0 Å². The Bertz CT molecular complexity index is 1730. The summed E-state index contributed by atoms with van der Waals surface area (Å²) >= 11 is 0. The fraction of sp³-hybridized carbons (Fsp3) is 0.625. The van der Waals surface area contributed by atoms with Gasteiger partial charge in [0.05, 0.1) is 42.7 Å². The van der Waals surface area contributed by atoms with Crippen molar-refractivity contribution in [2.45, 2.75) is 147 Å². The van der Waals surface area contributed by atoms with Crippen LogP contribution in [-0.2, 0) is 0 Å². The second-order valence-electron chi connectivity index (χ2n) is 17.2. The van der Waals surface area contributed by atoms with Crippen LogP contribution in [0.3, 0.4) is 0 Å². The molecule has 6 rings (SSSR count). The lowest BCUT2D eigenvalue weighted by molar-refractivity contribution is 0.287. The van der Waals surface area contributed by atoms with Crippen molar-refractivity contribution in [1.82, 2.24) is 16.0 Å². The highest BCUT2D eigenvalue weighted by molar-refractivity contribution is 5.53. The van der Waals surface area contributed by atoms with E-state index in [2.05, 4.69) is 93.9 Å². The lowest BCUT2D eigenvalue weighted by Gasteiger charge is -2.38. The van der Waals surface area contributed by atoms with Crippen molar-refractivity contribution in [3.05, 3.63) is 69.8 Å². The Balaban J connectivity index is 1.21. The van der Waals surface area contributed by atoms with Crippen molar-refractivity contribution in [3.8, 4) is 34.5 Å². The fourth-order valence-electron chi connectivity index (χ4n) is 10.0. The number of fused-ring (bicyclic) bond motifs is 3. The van der Waals surface area contributed by atoms with Crippen LogP contribution in [0, 0.1) is 5.92 Å². The number of hydrogen-bond donors (Lipinski definition) is 3. The highest BCUT2D eigenvalue weighted by Crippen LogP contribution is 2.46. The minimum atomic E-state index is 0.262. The van der Waals surface area contributed by atoms with E-state index in [4.69, 9.17) is 28.4 Å². The van der Waals surface area contributed by atoms with Gasteiger partial charge in [-0.1, -0.05) is 40.0 Å². The molecule has 9 heteroatoms. The first-order valence-corrected chi connectivity index (χ1v) is 21.5. The molecule has 3 aliphatic rings. The zero-order chi connectivity index (χ0) is 41.0. The molecule has 0 aromatic heterocycles. The second kappa shape index (κ2) is 18.9. The van der Waals surface area contributed by atoms with Crippen molar-refractivity contribution in [3.63, 3.8) is 0 Å². The molecule has 0 spiro atoms. The van der Waals surface area contributed by atoms with Gasteiger partial charge < -0.3 is 44.4 Å². The molecule has 0 saturated heterocycles. The minimum absolute atomic E-state index is 0.262. The molecule has 9 nitrogen and oxygen atoms in total. The molecular weight excluding hydrogens is 715 g/mol. The normalized spacial score (nSPS) is 27.1. The van der Waals surface area contributed by atoms with Crippen LogP contribution >= 0.6 is 0 Å². The first-order valence-electron chi connectivity index (χ1n) is 21.5. The molecule has 0 amide bonds. The Hall–Kier alpha value is -3.66. The molecule has 314 valence electrons. The molecule has 3 aromatic rings. The number of benzene rings is 3. The third kappa shape index (κ3) is 9.01. The number of nitrogens with one attached hydrogen (secondary N) is 3. The molecule has 9 unspecified atom stereocenters. The quantitative estimate of drug-likeness (QED) is 0.116. The Morgan fingerprint density at radius 1 is 0.386 bits per heavy atom. The van der Waals surface area contributed by atoms with Gasteiger partial charge in [-0.05, 0) is 146 Å². The van der Waals surface area contributed by atoms with Crippen LogP contribution in [0.5, 0.6) is 34.5 Å². The Morgan fingerprint density at radius 3 is 0.965 bits per heavy atom. The van der Waals surface area contributed by atoms with Crippen molar-refractivity contribution >= 4 is 0 Å². The van der Waals surface area contributed by atoms with E-state index in [0.29, 0.717) is 47.8 Å². The van der Waals surface area contributed by atoms with Gasteiger partial charge >= 0.3 is 0 Å². The summed E-state index contributed by atoms with van der Waals surface area (Å²) in [5.41, 5.74) is 8.16. The third-order valence-corrected chi connectivity index (χ3v) is 14.1. The maximum Gasteiger partial charge on any atom is 0.161 e. The highest BCUT2D eigenvalue weighted by Gasteiger charge is 2.35. The fourth-order valence-corrected chi connectivity index (χ4v) is 10.0. The maximum absolute atomic E-state index is 5.80. The summed E-state index contributed by atoms with van der Waals surface area (Å²) in [4.78, 5) is 0. The van der Waals surface area contributed by atoms with Gasteiger partial charge in [0.25, 0.3) is 0 Å². The number of hydrogen-bond acceptors (Lipinski definition) is 9. The van der Waals surface area contributed by atoms with Gasteiger partial charge in [-0.2, -0.15) is 0 Å². The molecular formula is C48H71N3O6. The van der Waals surface area contributed by atoms with E-state index in [9.17, 15) is 0 Å². The molecule has 3 aromatic carbocycles. The number of methoxy groups -OCH3 is 6. The zero-order valence-corrected chi connectivity index (χ0v) is 36.8. The van der Waals surface area contributed by atoms with Crippen molar-refractivity contribution in [1.29, 1.82) is 0 Å². The van der Waals surface area contributed by atoms with E-state index in [1.54, 1.807) is 42.7 Å². The summed E-state index contributed by atoms with van der Waals surface area (Å²) < 4.78 is 34.5. The molecule has 0 bridgehead atoms. The molecule has 3 aliphatic heterocycles. The average molecular weight is 786 g/mol. The summed E-state index contributed by atoms with van der Waals surface area (Å²) in [6.07, 6.45) is 9.10. The summed E-state index contributed by atoms with van der Waals surface area (Å²) in [5.74, 6) is 6.59. The van der Waals surface area contributed by atoms with Gasteiger partial charge in [0.2, 0.25) is 0 Å². The van der Waals surface area contributed by atoms with E-state index in [-0.39, 0.29) is 12.1 Å². The molecule has 3 N–H and O–H groups in total. The number of rotatable bonds is 17. The van der Waals surface area contributed by atoms with Gasteiger partial charge in [0.1, 0.15) is 0 Å². The topological polar surface area (TPSA) is 91.5 Å². The third-order valence-electron chi connectivity index (χ3n) is 14.1. The van der Waals surface area contributed by atoms with E-state index < -0.39 is 0 Å². The molecule has 3 heterocycles. The second-order valence-corrected chi connectivity index (χ2v) is 17.2. The van der Waals surface area contributed by atoms with E-state index in [1.165, 1.54) is 46.2 Å². The van der Waals surface area contributed by atoms with Crippen molar-refractivity contribution < 1.29 is 28.4 Å². The number of unbranched alkanes of at least 4 members (excludes halogenated alkanes) is 1. The molecule has 9 atom stereocenters. The van der Waals surface area contributed by atoms with Gasteiger partial charge in [0.15, 0.2) is 34.5 Å². The van der Waals surface area contributed by atoms with Gasteiger partial charge in [0, 0.05) is 36.3 Å². The first-order chi connectivity index (χ1) is 27.5. The predicted octanol–water partition coefficient (Wildman–Crippen LogP) is 10.3. The van der Waals surface area contributed by atoms with Crippen LogP contribution in [0.15, 0.2) is 36.4 Å². The summed E-state index contributed by atoms with van der Waals surface area (Å²) in [6, 6.07) is 15.2. The smallest absolute Gasteiger partial charge is 0.161 e. The summed E-state index contributed by atoms with van der Waals surface area (Å²) in [7, 11) is 10.4. The highest BCUT2D eigenvalue weighted by atomic mass is 16.5. The average Bonchev–Trinajstić information content (AvgIpc) is 3.23. The maximum atomic E-state index is 5.80. The lowest BCUT2D eigenvalue weighted by Crippen LogP contribution is -2.40. The predicted molar refractivity (Wildman–Crippen MR) is 230 cm³/mol. The Morgan fingerprint density at radius 2 is 0.667 bits per heavy atom. The summed E-state index contributed by atoms with van der Waals surface area (Å²) in [5, 5.41) is 12.0. The largest absolute Gasteiger partial charge is 0.493 e. The van der Waals surface area contributed by atoms with E-state index in [0.717, 1.165) is 73.0 Å². The van der Waals surface area contributed by atoms with E-state index >= 15 is 0 Å². The van der Waals surface area contributed by atoms with Crippen LogP contribution in [-0.4, -0.2) is 60.8 Å². The Kier molecular flexibility index (Phi) is 14.3. The van der Waals surface area contributed by atoms with Gasteiger partial charge in [-0.3, -0.25) is 0 Å².